The summed E-state index contributed by atoms with van der Waals surface area (Å²) in [7, 11) is 0. The Morgan fingerprint density at radius 2 is 1.57 bits per heavy atom. The minimum absolute atomic E-state index is 0. The average molecular weight is 466 g/mol. The molecule has 0 aromatic carbocycles. The molecule has 12 heteroatoms. The zero-order valence-corrected chi connectivity index (χ0v) is 18.1. The zero-order valence-electron chi connectivity index (χ0n) is 17.4. The highest BCUT2D eigenvalue weighted by molar-refractivity contribution is 5.95. The van der Waals surface area contributed by atoms with Gasteiger partial charge < -0.3 is 28.4 Å². The third-order valence-corrected chi connectivity index (χ3v) is 5.14. The quantitative estimate of drug-likeness (QED) is 0.444. The molecule has 0 aromatic heterocycles. The fourth-order valence-electron chi connectivity index (χ4n) is 3.05. The van der Waals surface area contributed by atoms with Crippen molar-refractivity contribution in [3.05, 3.63) is 0 Å². The molecular formula is C18H29ClF5N3O3. The van der Waals surface area contributed by atoms with Gasteiger partial charge >= 0.3 is 12.1 Å². The number of Topliss-reactive ketones (excluding diaryl/α,β-unsaturated/α-hetero) is 1. The van der Waals surface area contributed by atoms with Crippen molar-refractivity contribution in [1.82, 2.24) is 10.2 Å². The van der Waals surface area contributed by atoms with Gasteiger partial charge in [0.1, 0.15) is 0 Å². The summed E-state index contributed by atoms with van der Waals surface area (Å²) in [6, 6.07) is -2.52. The molecule has 1 heterocycles. The molecule has 0 bridgehead atoms. The Morgan fingerprint density at radius 1 is 1.03 bits per heavy atom. The Kier molecular flexibility index (Phi) is 10.2. The molecule has 0 aliphatic carbocycles. The number of hydrogen-bond donors (Lipinski definition) is 2. The van der Waals surface area contributed by atoms with E-state index in [1.807, 2.05) is 13.8 Å². The van der Waals surface area contributed by atoms with E-state index in [2.05, 4.69) is 11.1 Å². The molecule has 3 atom stereocenters. The second kappa shape index (κ2) is 10.7. The van der Waals surface area contributed by atoms with Crippen molar-refractivity contribution in [2.24, 2.45) is 17.8 Å². The van der Waals surface area contributed by atoms with Crippen molar-refractivity contribution in [3.8, 4) is 0 Å². The van der Waals surface area contributed by atoms with E-state index in [1.54, 1.807) is 0 Å². The van der Waals surface area contributed by atoms with E-state index in [-0.39, 0.29) is 30.8 Å². The fraction of sp³-hybridized carbons (Fsp3) is 0.833. The average Bonchev–Trinajstić information content (AvgIpc) is 2.62. The van der Waals surface area contributed by atoms with Crippen molar-refractivity contribution in [2.75, 3.05) is 13.1 Å². The number of rotatable bonds is 7. The number of likely N-dealkylation sites (tertiary alicyclic amines) is 1. The van der Waals surface area contributed by atoms with Crippen LogP contribution in [0.4, 0.5) is 22.0 Å². The van der Waals surface area contributed by atoms with Gasteiger partial charge in [-0.3, -0.25) is 14.4 Å². The molecule has 1 saturated heterocycles. The van der Waals surface area contributed by atoms with Crippen LogP contribution in [0.5, 0.6) is 0 Å². The summed E-state index contributed by atoms with van der Waals surface area (Å²) in [5.74, 6) is -10.8. The Labute approximate surface area is 178 Å². The summed E-state index contributed by atoms with van der Waals surface area (Å²) in [4.78, 5) is 38.3. The second-order valence-electron chi connectivity index (χ2n) is 8.14. The van der Waals surface area contributed by atoms with E-state index in [0.29, 0.717) is 19.4 Å². The lowest BCUT2D eigenvalue weighted by molar-refractivity contribution is -0.416. The smallest absolute Gasteiger partial charge is 0.461 e. The molecule has 1 aliphatic heterocycles. The monoisotopic (exact) mass is 465 g/mol. The number of carbonyl (C=O) groups is 3. The summed E-state index contributed by atoms with van der Waals surface area (Å²) >= 11 is 0. The van der Waals surface area contributed by atoms with Gasteiger partial charge in [0.2, 0.25) is 11.7 Å². The van der Waals surface area contributed by atoms with E-state index >= 15 is 0 Å². The van der Waals surface area contributed by atoms with Crippen molar-refractivity contribution in [3.63, 3.8) is 0 Å². The summed E-state index contributed by atoms with van der Waals surface area (Å²) in [5, 5.41) is 2.05. The SMILES string of the molecule is CC(C)C(NC(=O)C1CCCN(C(=O)[C@@H]([NH3+])C(C)C)C1)C(=O)C(F)(F)C(F)(F)F.[Cl-]. The van der Waals surface area contributed by atoms with Crippen molar-refractivity contribution >= 4 is 17.6 Å². The van der Waals surface area contributed by atoms with Gasteiger partial charge in [-0.1, -0.05) is 27.7 Å². The van der Waals surface area contributed by atoms with Gasteiger partial charge in [0, 0.05) is 19.0 Å². The van der Waals surface area contributed by atoms with Crippen molar-refractivity contribution < 1.29 is 54.5 Å². The summed E-state index contributed by atoms with van der Waals surface area (Å²) in [6.07, 6.45) is -5.25. The molecule has 1 rings (SSSR count). The number of nitrogens with one attached hydrogen (secondary N) is 1. The summed E-state index contributed by atoms with van der Waals surface area (Å²) in [6.45, 7) is 6.58. The van der Waals surface area contributed by atoms with Gasteiger partial charge in [0.25, 0.3) is 5.91 Å². The molecule has 1 aliphatic rings. The number of quaternary nitrogens is 1. The van der Waals surface area contributed by atoms with Gasteiger partial charge in [0.15, 0.2) is 6.04 Å². The van der Waals surface area contributed by atoms with Crippen LogP contribution in [0.1, 0.15) is 40.5 Å². The van der Waals surface area contributed by atoms with Gasteiger partial charge in [-0.05, 0) is 18.8 Å². The summed E-state index contributed by atoms with van der Waals surface area (Å²) in [5.41, 5.74) is 3.80. The maximum Gasteiger partial charge on any atom is 0.461 e. The lowest BCUT2D eigenvalue weighted by Gasteiger charge is -2.34. The molecule has 0 saturated carbocycles. The van der Waals surface area contributed by atoms with Crippen LogP contribution in [0.15, 0.2) is 0 Å². The first-order valence-electron chi connectivity index (χ1n) is 9.52. The Morgan fingerprint density at radius 3 is 2.00 bits per heavy atom. The number of halogens is 6. The molecule has 0 radical (unpaired) electrons. The van der Waals surface area contributed by atoms with Crippen LogP contribution in [0.3, 0.4) is 0 Å². The Bertz CT molecular complexity index is 629. The van der Waals surface area contributed by atoms with Crippen LogP contribution in [-0.4, -0.2) is 59.8 Å². The molecule has 4 N–H and O–H groups in total. The van der Waals surface area contributed by atoms with E-state index in [1.165, 1.54) is 18.7 Å². The molecule has 30 heavy (non-hydrogen) atoms. The van der Waals surface area contributed by atoms with Crippen molar-refractivity contribution in [1.29, 1.82) is 0 Å². The topological polar surface area (TPSA) is 94.1 Å². The van der Waals surface area contributed by atoms with Gasteiger partial charge in [0.05, 0.1) is 12.0 Å². The third kappa shape index (κ3) is 6.50. The minimum Gasteiger partial charge on any atom is -1.00 e. The van der Waals surface area contributed by atoms with Crippen LogP contribution in [0, 0.1) is 17.8 Å². The molecule has 1 fully saturated rings. The zero-order chi connectivity index (χ0) is 22.7. The number of amides is 2. The minimum atomic E-state index is -6.05. The largest absolute Gasteiger partial charge is 1.00 e. The maximum absolute atomic E-state index is 13.5. The lowest BCUT2D eigenvalue weighted by Crippen LogP contribution is -3.00. The molecule has 0 aromatic rings. The van der Waals surface area contributed by atoms with Crippen LogP contribution >= 0.6 is 0 Å². The highest BCUT2D eigenvalue weighted by Crippen LogP contribution is 2.37. The molecule has 0 spiro atoms. The Hall–Kier alpha value is -1.49. The number of piperidine rings is 1. The van der Waals surface area contributed by atoms with E-state index < -0.39 is 47.7 Å². The molecule has 2 unspecified atom stereocenters. The van der Waals surface area contributed by atoms with Crippen molar-refractivity contribution in [2.45, 2.75) is 64.7 Å². The van der Waals surface area contributed by atoms with Gasteiger partial charge in [-0.25, -0.2) is 0 Å². The number of ketones is 1. The molecule has 176 valence electrons. The van der Waals surface area contributed by atoms with E-state index in [4.69, 9.17) is 0 Å². The van der Waals surface area contributed by atoms with Crippen LogP contribution in [0.2, 0.25) is 0 Å². The maximum atomic E-state index is 13.5. The highest BCUT2D eigenvalue weighted by atomic mass is 35.5. The predicted molar refractivity (Wildman–Crippen MR) is 93.6 cm³/mol. The highest BCUT2D eigenvalue weighted by Gasteiger charge is 2.64. The molecule has 2 amide bonds. The van der Waals surface area contributed by atoms with E-state index in [0.717, 1.165) is 0 Å². The normalized spacial score (nSPS) is 19.9. The molecular weight excluding hydrogens is 437 g/mol. The first-order chi connectivity index (χ1) is 13.1. The summed E-state index contributed by atoms with van der Waals surface area (Å²) < 4.78 is 64.6. The number of hydrogen-bond acceptors (Lipinski definition) is 3. The van der Waals surface area contributed by atoms with Crippen LogP contribution in [0.25, 0.3) is 0 Å². The number of nitrogens with zero attached hydrogens (tertiary/aromatic N) is 1. The predicted octanol–water partition coefficient (Wildman–Crippen LogP) is -1.60. The van der Waals surface area contributed by atoms with Gasteiger partial charge in [-0.2, -0.15) is 22.0 Å². The van der Waals surface area contributed by atoms with E-state index in [9.17, 15) is 36.3 Å². The number of alkyl halides is 5. The third-order valence-electron chi connectivity index (χ3n) is 5.14. The van der Waals surface area contributed by atoms with Gasteiger partial charge in [-0.15, -0.1) is 0 Å². The van der Waals surface area contributed by atoms with Crippen LogP contribution in [-0.2, 0) is 14.4 Å². The standard InChI is InChI=1S/C18H28F5N3O3.ClH/c1-9(2)12(24)16(29)26-7-5-6-11(8-26)15(28)25-13(10(3)4)14(27)17(19,20)18(21,22)23;/h9-13H,5-8,24H2,1-4H3,(H,25,28);1H/t11?,12-,13?;/m0./s1. The first-order valence-corrected chi connectivity index (χ1v) is 9.52. The van der Waals surface area contributed by atoms with Crippen LogP contribution < -0.4 is 23.5 Å². The number of carbonyl (C=O) groups excluding carboxylic acids is 3. The second-order valence-corrected chi connectivity index (χ2v) is 8.14. The first kappa shape index (κ1) is 28.5. The lowest BCUT2D eigenvalue weighted by atomic mass is 9.92. The molecule has 6 nitrogen and oxygen atoms in total. The Balaban J connectivity index is 0.00000841. The fourth-order valence-corrected chi connectivity index (χ4v) is 3.05.